The summed E-state index contributed by atoms with van der Waals surface area (Å²) < 4.78 is 6.32. The van der Waals surface area contributed by atoms with Crippen molar-refractivity contribution in [1.82, 2.24) is 15.0 Å². The van der Waals surface area contributed by atoms with E-state index >= 15 is 0 Å². The molecular formula is C24H28N6O2. The molecule has 0 spiro atoms. The number of anilines is 2. The Morgan fingerprint density at radius 2 is 1.94 bits per heavy atom. The van der Waals surface area contributed by atoms with Crippen LogP contribution in [0.2, 0.25) is 0 Å². The number of ether oxygens (including phenoxy) is 1. The first kappa shape index (κ1) is 21.9. The molecule has 32 heavy (non-hydrogen) atoms. The summed E-state index contributed by atoms with van der Waals surface area (Å²) in [5, 5.41) is 2.90. The minimum atomic E-state index is -0.456. The lowest BCUT2D eigenvalue weighted by Gasteiger charge is -2.36. The molecule has 8 heteroatoms. The summed E-state index contributed by atoms with van der Waals surface area (Å²) in [7, 11) is 0. The Morgan fingerprint density at radius 3 is 2.69 bits per heavy atom. The first-order valence-corrected chi connectivity index (χ1v) is 10.8. The molecule has 0 bridgehead atoms. The molecule has 3 heterocycles. The summed E-state index contributed by atoms with van der Waals surface area (Å²) in [6, 6.07) is 11.4. The van der Waals surface area contributed by atoms with Gasteiger partial charge in [-0.25, -0.2) is 9.97 Å². The number of amides is 1. The van der Waals surface area contributed by atoms with Crippen molar-refractivity contribution >= 4 is 17.4 Å². The summed E-state index contributed by atoms with van der Waals surface area (Å²) in [5.41, 5.74) is 15.1. The Morgan fingerprint density at radius 1 is 1.16 bits per heavy atom. The fraction of sp³-hybridized carbons (Fsp3) is 0.333. The maximum atomic E-state index is 13.1. The van der Waals surface area contributed by atoms with Crippen LogP contribution < -0.4 is 16.8 Å². The van der Waals surface area contributed by atoms with Crippen LogP contribution in [0.25, 0.3) is 11.3 Å². The Labute approximate surface area is 187 Å². The molecule has 1 aliphatic rings. The molecule has 0 radical (unpaired) electrons. The number of hydrogen-bond acceptors (Lipinski definition) is 7. The molecule has 8 nitrogen and oxygen atoms in total. The molecule has 0 unspecified atom stereocenters. The van der Waals surface area contributed by atoms with Gasteiger partial charge in [-0.05, 0) is 24.8 Å². The highest BCUT2D eigenvalue weighted by atomic mass is 16.5. The maximum Gasteiger partial charge on any atom is 0.278 e. The zero-order valence-corrected chi connectivity index (χ0v) is 18.2. The van der Waals surface area contributed by atoms with Gasteiger partial charge in [-0.15, -0.1) is 0 Å². The molecule has 4 rings (SSSR count). The summed E-state index contributed by atoms with van der Waals surface area (Å²) in [6.45, 7) is 4.24. The van der Waals surface area contributed by atoms with Crippen LogP contribution in [-0.2, 0) is 4.74 Å². The molecule has 1 aliphatic heterocycles. The van der Waals surface area contributed by atoms with E-state index in [0.717, 1.165) is 17.5 Å². The van der Waals surface area contributed by atoms with Crippen LogP contribution in [0.1, 0.15) is 48.8 Å². The van der Waals surface area contributed by atoms with Gasteiger partial charge in [0, 0.05) is 23.4 Å². The predicted octanol–water partition coefficient (Wildman–Crippen LogP) is 3.58. The van der Waals surface area contributed by atoms with E-state index in [1.165, 1.54) is 0 Å². The predicted molar refractivity (Wildman–Crippen MR) is 124 cm³/mol. The van der Waals surface area contributed by atoms with Crippen LogP contribution in [0.4, 0.5) is 11.5 Å². The van der Waals surface area contributed by atoms with Crippen molar-refractivity contribution < 1.29 is 9.53 Å². The van der Waals surface area contributed by atoms with Crippen molar-refractivity contribution in [3.05, 3.63) is 66.2 Å². The van der Waals surface area contributed by atoms with Crippen LogP contribution in [0.3, 0.4) is 0 Å². The van der Waals surface area contributed by atoms with Gasteiger partial charge >= 0.3 is 0 Å². The molecule has 5 N–H and O–H groups in total. The zero-order valence-electron chi connectivity index (χ0n) is 18.2. The molecule has 0 saturated carbocycles. The highest BCUT2D eigenvalue weighted by Crippen LogP contribution is 2.36. The van der Waals surface area contributed by atoms with Crippen molar-refractivity contribution in [2.75, 3.05) is 11.1 Å². The quantitative estimate of drug-likeness (QED) is 0.562. The van der Waals surface area contributed by atoms with E-state index in [4.69, 9.17) is 16.2 Å². The average Bonchev–Trinajstić information content (AvgIpc) is 2.80. The van der Waals surface area contributed by atoms with Gasteiger partial charge in [0.2, 0.25) is 0 Å². The first-order chi connectivity index (χ1) is 15.4. The number of rotatable bonds is 5. The summed E-state index contributed by atoms with van der Waals surface area (Å²) >= 11 is 0. The maximum absolute atomic E-state index is 13.1. The third-order valence-corrected chi connectivity index (χ3v) is 5.67. The summed E-state index contributed by atoms with van der Waals surface area (Å²) in [6.07, 6.45) is 6.16. The molecule has 1 fully saturated rings. The monoisotopic (exact) mass is 432 g/mol. The van der Waals surface area contributed by atoms with Gasteiger partial charge in [-0.2, -0.15) is 0 Å². The number of nitrogens with two attached hydrogens (primary N) is 2. The fourth-order valence-corrected chi connectivity index (χ4v) is 3.91. The number of nitrogens with one attached hydrogen (secondary N) is 1. The van der Waals surface area contributed by atoms with Gasteiger partial charge in [0.25, 0.3) is 5.91 Å². The van der Waals surface area contributed by atoms with Crippen LogP contribution >= 0.6 is 0 Å². The zero-order chi connectivity index (χ0) is 22.7. The van der Waals surface area contributed by atoms with E-state index in [1.54, 1.807) is 18.6 Å². The number of aromatic nitrogens is 3. The van der Waals surface area contributed by atoms with E-state index in [2.05, 4.69) is 34.1 Å². The number of hydrogen-bond donors (Lipinski definition) is 3. The molecule has 166 valence electrons. The highest BCUT2D eigenvalue weighted by molar-refractivity contribution is 6.06. The Hall–Kier alpha value is -3.36. The van der Waals surface area contributed by atoms with Gasteiger partial charge in [0.05, 0.1) is 36.0 Å². The van der Waals surface area contributed by atoms with E-state index in [1.807, 2.05) is 36.4 Å². The van der Waals surface area contributed by atoms with Crippen molar-refractivity contribution in [3.8, 4) is 11.3 Å². The number of carbonyl (C=O) groups is 1. The Kier molecular flexibility index (Phi) is 6.43. The Bertz CT molecular complexity index is 1090. The number of nitrogen functional groups attached to an aromatic ring is 1. The third-order valence-electron chi connectivity index (χ3n) is 5.67. The topological polar surface area (TPSA) is 129 Å². The van der Waals surface area contributed by atoms with Crippen molar-refractivity contribution in [3.63, 3.8) is 0 Å². The Balaban J connectivity index is 1.60. The third kappa shape index (κ3) is 4.76. The smallest absolute Gasteiger partial charge is 0.278 e. The standard InChI is InChI=1S/C24H28N6O2/c1-14(2)20-10-16(25)11-21(32-20)17-8-9-27-12-19(17)30-24(31)22-23(26)28-13-18(29-22)15-6-4-3-5-7-15/h3-9,12-14,16,20-21H,10-11,25H2,1-2H3,(H2,26,28)(H,30,31)/t16-,20-,21+/m0/s1. The van der Waals surface area contributed by atoms with E-state index in [9.17, 15) is 4.79 Å². The average molecular weight is 433 g/mol. The molecule has 1 aromatic carbocycles. The second-order valence-corrected chi connectivity index (χ2v) is 8.41. The highest BCUT2D eigenvalue weighted by Gasteiger charge is 2.32. The normalized spacial score (nSPS) is 20.8. The van der Waals surface area contributed by atoms with E-state index in [-0.39, 0.29) is 29.8 Å². The molecule has 2 aromatic heterocycles. The van der Waals surface area contributed by atoms with E-state index in [0.29, 0.717) is 23.7 Å². The lowest BCUT2D eigenvalue weighted by Crippen LogP contribution is -2.39. The molecule has 1 saturated heterocycles. The molecular weight excluding hydrogens is 404 g/mol. The number of benzene rings is 1. The van der Waals surface area contributed by atoms with Gasteiger partial charge in [-0.3, -0.25) is 9.78 Å². The van der Waals surface area contributed by atoms with Gasteiger partial charge in [-0.1, -0.05) is 44.2 Å². The van der Waals surface area contributed by atoms with Gasteiger partial charge in [0.1, 0.15) is 0 Å². The van der Waals surface area contributed by atoms with Crippen molar-refractivity contribution in [2.24, 2.45) is 11.7 Å². The number of nitrogens with zero attached hydrogens (tertiary/aromatic N) is 3. The second kappa shape index (κ2) is 9.42. The van der Waals surface area contributed by atoms with Crippen molar-refractivity contribution in [2.45, 2.75) is 44.9 Å². The lowest BCUT2D eigenvalue weighted by atomic mass is 9.90. The van der Waals surface area contributed by atoms with Crippen molar-refractivity contribution in [1.29, 1.82) is 0 Å². The first-order valence-electron chi connectivity index (χ1n) is 10.8. The summed E-state index contributed by atoms with van der Waals surface area (Å²) in [4.78, 5) is 25.9. The second-order valence-electron chi connectivity index (χ2n) is 8.41. The van der Waals surface area contributed by atoms with Crippen LogP contribution in [0, 0.1) is 5.92 Å². The van der Waals surface area contributed by atoms with Crippen LogP contribution in [0.15, 0.2) is 55.0 Å². The van der Waals surface area contributed by atoms with Crippen LogP contribution in [-0.4, -0.2) is 33.0 Å². The number of carbonyl (C=O) groups excluding carboxylic acids is 1. The SMILES string of the molecule is CC(C)[C@@H]1C[C@H](N)C[C@H](c2ccncc2NC(=O)c2nc(-c3ccccc3)cnc2N)O1. The largest absolute Gasteiger partial charge is 0.382 e. The number of pyridine rings is 1. The van der Waals surface area contributed by atoms with E-state index < -0.39 is 5.91 Å². The minimum absolute atomic E-state index is 0.0296. The lowest BCUT2D eigenvalue weighted by molar-refractivity contribution is -0.0787. The fourth-order valence-electron chi connectivity index (χ4n) is 3.91. The molecule has 3 atom stereocenters. The molecule has 3 aromatic rings. The minimum Gasteiger partial charge on any atom is -0.382 e. The van der Waals surface area contributed by atoms with Gasteiger partial charge in [0.15, 0.2) is 11.5 Å². The van der Waals surface area contributed by atoms with Gasteiger partial charge < -0.3 is 21.5 Å². The molecule has 0 aliphatic carbocycles. The summed E-state index contributed by atoms with van der Waals surface area (Å²) in [5.74, 6) is -0.0505. The molecule has 1 amide bonds. The van der Waals surface area contributed by atoms with Crippen LogP contribution in [0.5, 0.6) is 0 Å².